The number of rotatable bonds is 2. The van der Waals surface area contributed by atoms with Crippen LogP contribution in [-0.4, -0.2) is 17.0 Å². The van der Waals surface area contributed by atoms with E-state index in [1.807, 2.05) is 0 Å². The van der Waals surface area contributed by atoms with E-state index in [0.717, 1.165) is 5.56 Å². The van der Waals surface area contributed by atoms with Crippen molar-refractivity contribution < 1.29 is 18.7 Å². The molecule has 2 nitrogen and oxygen atoms in total. The third-order valence-corrected chi connectivity index (χ3v) is 2.86. The fourth-order valence-electron chi connectivity index (χ4n) is 1.87. The monoisotopic (exact) mass is 212 g/mol. The first kappa shape index (κ1) is 10.1. The van der Waals surface area contributed by atoms with Crippen LogP contribution >= 0.6 is 0 Å². The van der Waals surface area contributed by atoms with Gasteiger partial charge in [0.1, 0.15) is 0 Å². The van der Waals surface area contributed by atoms with E-state index in [2.05, 4.69) is 0 Å². The predicted molar refractivity (Wildman–Crippen MR) is 50.1 cm³/mol. The summed E-state index contributed by atoms with van der Waals surface area (Å²) in [6.45, 7) is 1.75. The van der Waals surface area contributed by atoms with Gasteiger partial charge in [0, 0.05) is 6.42 Å². The normalized spacial score (nSPS) is 27.4. The van der Waals surface area contributed by atoms with Crippen molar-refractivity contribution in [2.75, 3.05) is 0 Å². The molecule has 0 bridgehead atoms. The van der Waals surface area contributed by atoms with Gasteiger partial charge in [-0.25, -0.2) is 8.78 Å². The zero-order valence-electron chi connectivity index (χ0n) is 8.13. The second kappa shape index (κ2) is 2.78. The van der Waals surface area contributed by atoms with E-state index >= 15 is 0 Å². The van der Waals surface area contributed by atoms with E-state index < -0.39 is 23.7 Å². The lowest BCUT2D eigenvalue weighted by Crippen LogP contribution is -2.27. The summed E-state index contributed by atoms with van der Waals surface area (Å²) in [6.07, 6.45) is -0.598. The second-order valence-corrected chi connectivity index (χ2v) is 3.96. The molecule has 4 heteroatoms. The summed E-state index contributed by atoms with van der Waals surface area (Å²) >= 11 is 0. The lowest BCUT2D eigenvalue weighted by atomic mass is 9.94. The molecule has 0 aromatic heterocycles. The zero-order valence-corrected chi connectivity index (χ0v) is 8.13. The highest BCUT2D eigenvalue weighted by molar-refractivity contribution is 5.87. The Kier molecular flexibility index (Phi) is 1.87. The SMILES string of the molecule is Cc1cccc([C@@]2(C(=O)O)CC2(F)F)c1. The molecular formula is C11H10F2O2. The topological polar surface area (TPSA) is 37.3 Å². The molecule has 15 heavy (non-hydrogen) atoms. The second-order valence-electron chi connectivity index (χ2n) is 3.96. The van der Waals surface area contributed by atoms with Crippen LogP contribution in [0, 0.1) is 6.92 Å². The molecule has 0 spiro atoms. The molecule has 2 rings (SSSR count). The van der Waals surface area contributed by atoms with Gasteiger partial charge >= 0.3 is 5.97 Å². The maximum absolute atomic E-state index is 13.1. The van der Waals surface area contributed by atoms with E-state index in [0.29, 0.717) is 0 Å². The molecule has 1 aromatic rings. The Balaban J connectivity index is 2.50. The van der Waals surface area contributed by atoms with Crippen LogP contribution in [0.2, 0.25) is 0 Å². The molecule has 0 aliphatic heterocycles. The molecule has 0 unspecified atom stereocenters. The first-order valence-corrected chi connectivity index (χ1v) is 4.58. The molecule has 1 N–H and O–H groups in total. The van der Waals surface area contributed by atoms with Crippen LogP contribution < -0.4 is 0 Å². The van der Waals surface area contributed by atoms with Gasteiger partial charge in [0.2, 0.25) is 0 Å². The third-order valence-electron chi connectivity index (χ3n) is 2.86. The first-order chi connectivity index (χ1) is 6.90. The van der Waals surface area contributed by atoms with Crippen molar-refractivity contribution in [3.05, 3.63) is 35.4 Å². The number of benzene rings is 1. The standard InChI is InChI=1S/C11H10F2O2/c1-7-3-2-4-8(5-7)10(9(14)15)6-11(10,12)13/h2-5H,6H2,1H3,(H,14,15)/t10-/m1/s1. The largest absolute Gasteiger partial charge is 0.480 e. The van der Waals surface area contributed by atoms with Crippen LogP contribution in [0.25, 0.3) is 0 Å². The van der Waals surface area contributed by atoms with Crippen molar-refractivity contribution in [3.8, 4) is 0 Å². The molecule has 0 radical (unpaired) electrons. The number of aliphatic carboxylic acids is 1. The highest BCUT2D eigenvalue weighted by Gasteiger charge is 2.77. The van der Waals surface area contributed by atoms with Gasteiger partial charge in [-0.2, -0.15) is 0 Å². The number of carboxylic acids is 1. The molecule has 1 aromatic carbocycles. The molecule has 0 amide bonds. The Morgan fingerprint density at radius 3 is 2.47 bits per heavy atom. The molecule has 0 heterocycles. The predicted octanol–water partition coefficient (Wildman–Crippen LogP) is 2.36. The lowest BCUT2D eigenvalue weighted by Gasteiger charge is -2.11. The molecule has 1 aliphatic rings. The van der Waals surface area contributed by atoms with Gasteiger partial charge in [0.25, 0.3) is 5.92 Å². The van der Waals surface area contributed by atoms with Crippen molar-refractivity contribution in [1.29, 1.82) is 0 Å². The zero-order chi connectivity index (χ0) is 11.3. The third kappa shape index (κ3) is 1.24. The van der Waals surface area contributed by atoms with Gasteiger partial charge in [-0.05, 0) is 12.5 Å². The molecule has 80 valence electrons. The average molecular weight is 212 g/mol. The summed E-state index contributed by atoms with van der Waals surface area (Å²) < 4.78 is 26.3. The Bertz CT molecular complexity index is 428. The maximum Gasteiger partial charge on any atom is 0.320 e. The molecule has 1 fully saturated rings. The van der Waals surface area contributed by atoms with Gasteiger partial charge in [-0.1, -0.05) is 29.8 Å². The van der Waals surface area contributed by atoms with Crippen molar-refractivity contribution >= 4 is 5.97 Å². The van der Waals surface area contributed by atoms with Crippen LogP contribution in [0.3, 0.4) is 0 Å². The highest BCUT2D eigenvalue weighted by Crippen LogP contribution is 2.61. The Morgan fingerprint density at radius 2 is 2.07 bits per heavy atom. The molecule has 1 aliphatic carbocycles. The van der Waals surface area contributed by atoms with E-state index in [4.69, 9.17) is 5.11 Å². The quantitative estimate of drug-likeness (QED) is 0.817. The van der Waals surface area contributed by atoms with Crippen molar-refractivity contribution in [1.82, 2.24) is 0 Å². The van der Waals surface area contributed by atoms with Gasteiger partial charge in [-0.3, -0.25) is 4.79 Å². The van der Waals surface area contributed by atoms with Crippen molar-refractivity contribution in [3.63, 3.8) is 0 Å². The van der Waals surface area contributed by atoms with E-state index in [-0.39, 0.29) is 5.56 Å². The minimum Gasteiger partial charge on any atom is -0.480 e. The number of hydrogen-bond acceptors (Lipinski definition) is 1. The Hall–Kier alpha value is -1.45. The Labute approximate surface area is 85.5 Å². The number of carbonyl (C=O) groups is 1. The van der Waals surface area contributed by atoms with Crippen molar-refractivity contribution in [2.45, 2.75) is 24.7 Å². The van der Waals surface area contributed by atoms with Crippen LogP contribution in [0.15, 0.2) is 24.3 Å². The van der Waals surface area contributed by atoms with Gasteiger partial charge in [0.05, 0.1) is 0 Å². The fourth-order valence-corrected chi connectivity index (χ4v) is 1.87. The fraction of sp³-hybridized carbons (Fsp3) is 0.364. The highest BCUT2D eigenvalue weighted by atomic mass is 19.3. The number of carboxylic acid groups (broad SMARTS) is 1. The van der Waals surface area contributed by atoms with E-state index in [1.54, 1.807) is 19.1 Å². The molecule has 0 saturated heterocycles. The molecule has 1 saturated carbocycles. The van der Waals surface area contributed by atoms with Gasteiger partial charge in [0.15, 0.2) is 5.41 Å². The molecule has 1 atom stereocenters. The van der Waals surface area contributed by atoms with Crippen LogP contribution in [-0.2, 0) is 10.2 Å². The maximum atomic E-state index is 13.1. The van der Waals surface area contributed by atoms with Gasteiger partial charge < -0.3 is 5.11 Å². The summed E-state index contributed by atoms with van der Waals surface area (Å²) in [5, 5.41) is 8.90. The molecular weight excluding hydrogens is 202 g/mol. The number of aryl methyl sites for hydroxylation is 1. The smallest absolute Gasteiger partial charge is 0.320 e. The summed E-state index contributed by atoms with van der Waals surface area (Å²) in [5.74, 6) is -4.56. The summed E-state index contributed by atoms with van der Waals surface area (Å²) in [5.41, 5.74) is -1.00. The van der Waals surface area contributed by atoms with Crippen LogP contribution in [0.5, 0.6) is 0 Å². The van der Waals surface area contributed by atoms with E-state index in [1.165, 1.54) is 12.1 Å². The first-order valence-electron chi connectivity index (χ1n) is 4.58. The Morgan fingerprint density at radius 1 is 1.47 bits per heavy atom. The summed E-state index contributed by atoms with van der Waals surface area (Å²) in [6, 6.07) is 6.31. The lowest BCUT2D eigenvalue weighted by molar-refractivity contribution is -0.142. The minimum atomic E-state index is -3.12. The summed E-state index contributed by atoms with van der Waals surface area (Å²) in [4.78, 5) is 10.9. The van der Waals surface area contributed by atoms with Gasteiger partial charge in [-0.15, -0.1) is 0 Å². The average Bonchev–Trinajstić information content (AvgIpc) is 2.71. The number of halogens is 2. The van der Waals surface area contributed by atoms with E-state index in [9.17, 15) is 13.6 Å². The van der Waals surface area contributed by atoms with Crippen molar-refractivity contribution in [2.24, 2.45) is 0 Å². The number of alkyl halides is 2. The minimum absolute atomic E-state index is 0.194. The van der Waals surface area contributed by atoms with Crippen LogP contribution in [0.4, 0.5) is 8.78 Å². The summed E-state index contributed by atoms with van der Waals surface area (Å²) in [7, 11) is 0. The van der Waals surface area contributed by atoms with Crippen LogP contribution in [0.1, 0.15) is 17.5 Å². The number of hydrogen-bond donors (Lipinski definition) is 1.